The summed E-state index contributed by atoms with van der Waals surface area (Å²) >= 11 is 0. The summed E-state index contributed by atoms with van der Waals surface area (Å²) in [6.45, 7) is 3.52. The predicted molar refractivity (Wildman–Crippen MR) is 127 cm³/mol. The van der Waals surface area contributed by atoms with Crippen molar-refractivity contribution in [1.82, 2.24) is 15.1 Å². The van der Waals surface area contributed by atoms with E-state index < -0.39 is 45.8 Å². The molecule has 2 atom stereocenters. The zero-order valence-electron chi connectivity index (χ0n) is 19.4. The second-order valence-electron chi connectivity index (χ2n) is 9.01. The molecule has 0 spiro atoms. The monoisotopic (exact) mass is 483 g/mol. The van der Waals surface area contributed by atoms with E-state index in [4.69, 9.17) is 0 Å². The molecule has 4 amide bonds. The number of aryl methyl sites for hydroxylation is 1. The first-order valence-corrected chi connectivity index (χ1v) is 13.2. The van der Waals surface area contributed by atoms with Gasteiger partial charge in [0, 0.05) is 12.6 Å². The fraction of sp³-hybridized carbons (Fsp3) is 0.400. The lowest BCUT2D eigenvalue weighted by molar-refractivity contribution is -0.140. The number of carbonyl (C=O) groups is 3. The Morgan fingerprint density at radius 2 is 1.79 bits per heavy atom. The average molecular weight is 484 g/mol. The first-order valence-electron chi connectivity index (χ1n) is 11.4. The number of rotatable bonds is 7. The summed E-state index contributed by atoms with van der Waals surface area (Å²) in [7, 11) is -3.23. The van der Waals surface area contributed by atoms with Gasteiger partial charge in [-0.05, 0) is 30.9 Å². The second-order valence-corrected chi connectivity index (χ2v) is 11.2. The summed E-state index contributed by atoms with van der Waals surface area (Å²) in [6.07, 6.45) is 0.670. The fourth-order valence-corrected chi connectivity index (χ4v) is 6.43. The van der Waals surface area contributed by atoms with Crippen molar-refractivity contribution in [3.8, 4) is 0 Å². The molecule has 0 saturated carbocycles. The van der Waals surface area contributed by atoms with Crippen LogP contribution in [0.2, 0.25) is 0 Å². The largest absolute Gasteiger partial charge is 0.333 e. The van der Waals surface area contributed by atoms with E-state index in [1.165, 1.54) is 4.90 Å². The van der Waals surface area contributed by atoms with Crippen LogP contribution in [-0.2, 0) is 31.5 Å². The van der Waals surface area contributed by atoms with Gasteiger partial charge in [0.2, 0.25) is 5.91 Å². The van der Waals surface area contributed by atoms with Crippen LogP contribution in [-0.4, -0.2) is 60.2 Å². The van der Waals surface area contributed by atoms with Crippen LogP contribution >= 0.6 is 0 Å². The molecular weight excluding hydrogens is 454 g/mol. The Morgan fingerprint density at radius 3 is 2.38 bits per heavy atom. The highest BCUT2D eigenvalue weighted by Crippen LogP contribution is 2.33. The van der Waals surface area contributed by atoms with E-state index in [1.54, 1.807) is 0 Å². The van der Waals surface area contributed by atoms with Gasteiger partial charge in [0.25, 0.3) is 5.91 Å². The fourth-order valence-electron chi connectivity index (χ4n) is 4.70. The Balaban J connectivity index is 1.58. The van der Waals surface area contributed by atoms with E-state index in [9.17, 15) is 22.8 Å². The number of urea groups is 1. The third-order valence-electron chi connectivity index (χ3n) is 6.71. The van der Waals surface area contributed by atoms with Gasteiger partial charge >= 0.3 is 6.03 Å². The molecule has 2 fully saturated rings. The van der Waals surface area contributed by atoms with Crippen LogP contribution < -0.4 is 5.32 Å². The molecule has 4 rings (SSSR count). The lowest BCUT2D eigenvalue weighted by Gasteiger charge is -2.30. The standard InChI is InChI=1S/C25H29N3O5S/c1-3-25(20-11-9-18(2)10-12-20)23(30)28(24(31)26-25)16-22(29)27(15-19-7-5-4-6-8-19)21-13-14-34(32,33)17-21/h4-12,21H,3,13-17H2,1-2H3,(H,26,31)/t21-,25+/m0/s1. The highest BCUT2D eigenvalue weighted by molar-refractivity contribution is 7.91. The van der Waals surface area contributed by atoms with Gasteiger partial charge < -0.3 is 10.2 Å². The molecule has 0 unspecified atom stereocenters. The van der Waals surface area contributed by atoms with Crippen molar-refractivity contribution in [2.75, 3.05) is 18.1 Å². The molecular formula is C25H29N3O5S. The number of nitrogens with one attached hydrogen (secondary N) is 1. The number of nitrogens with zero attached hydrogens (tertiary/aromatic N) is 2. The van der Waals surface area contributed by atoms with Crippen LogP contribution in [0.5, 0.6) is 0 Å². The Kier molecular flexibility index (Phi) is 6.49. The summed E-state index contributed by atoms with van der Waals surface area (Å²) in [4.78, 5) is 42.2. The van der Waals surface area contributed by atoms with Crippen LogP contribution in [0.3, 0.4) is 0 Å². The lowest BCUT2D eigenvalue weighted by atomic mass is 9.86. The number of amides is 4. The zero-order chi connectivity index (χ0) is 24.5. The van der Waals surface area contributed by atoms with Gasteiger partial charge in [0.05, 0.1) is 11.5 Å². The maximum atomic E-state index is 13.5. The van der Waals surface area contributed by atoms with Crippen LogP contribution in [0.4, 0.5) is 4.79 Å². The molecule has 2 aromatic carbocycles. The zero-order valence-corrected chi connectivity index (χ0v) is 20.2. The molecule has 2 aliphatic heterocycles. The maximum absolute atomic E-state index is 13.5. The highest BCUT2D eigenvalue weighted by Gasteiger charge is 2.52. The molecule has 0 bridgehead atoms. The quantitative estimate of drug-likeness (QED) is 0.609. The number of hydrogen-bond donors (Lipinski definition) is 1. The number of carbonyl (C=O) groups excluding carboxylic acids is 3. The molecule has 0 aliphatic carbocycles. The topological polar surface area (TPSA) is 104 Å². The molecule has 2 aliphatic rings. The van der Waals surface area contributed by atoms with Gasteiger partial charge in [-0.2, -0.15) is 0 Å². The number of imide groups is 1. The van der Waals surface area contributed by atoms with Crippen LogP contribution in [0, 0.1) is 6.92 Å². The van der Waals surface area contributed by atoms with E-state index in [1.807, 2.05) is 68.4 Å². The minimum Gasteiger partial charge on any atom is -0.333 e. The molecule has 2 aromatic rings. The predicted octanol–water partition coefficient (Wildman–Crippen LogP) is 2.37. The lowest BCUT2D eigenvalue weighted by Crippen LogP contribution is -2.48. The van der Waals surface area contributed by atoms with E-state index in [-0.39, 0.29) is 18.1 Å². The molecule has 2 heterocycles. The molecule has 0 aromatic heterocycles. The molecule has 180 valence electrons. The van der Waals surface area contributed by atoms with E-state index in [0.717, 1.165) is 16.0 Å². The van der Waals surface area contributed by atoms with Gasteiger partial charge in [-0.1, -0.05) is 67.1 Å². The van der Waals surface area contributed by atoms with Crippen LogP contribution in [0.15, 0.2) is 54.6 Å². The Bertz CT molecular complexity index is 1200. The van der Waals surface area contributed by atoms with Crippen molar-refractivity contribution in [1.29, 1.82) is 0 Å². The third kappa shape index (κ3) is 4.57. The van der Waals surface area contributed by atoms with Gasteiger partial charge in [-0.25, -0.2) is 13.2 Å². The first kappa shape index (κ1) is 23.9. The summed E-state index contributed by atoms with van der Waals surface area (Å²) in [5.74, 6) is -1.03. The van der Waals surface area contributed by atoms with Crippen molar-refractivity contribution in [3.05, 3.63) is 71.3 Å². The SMILES string of the molecule is CC[C@]1(c2ccc(C)cc2)NC(=O)N(CC(=O)N(Cc2ccccc2)[C@H]2CCS(=O)(=O)C2)C1=O. The molecule has 2 saturated heterocycles. The molecule has 0 radical (unpaired) electrons. The summed E-state index contributed by atoms with van der Waals surface area (Å²) < 4.78 is 24.2. The molecule has 9 heteroatoms. The maximum Gasteiger partial charge on any atom is 0.325 e. The third-order valence-corrected chi connectivity index (χ3v) is 8.46. The Labute approximate surface area is 199 Å². The molecule has 8 nitrogen and oxygen atoms in total. The summed E-state index contributed by atoms with van der Waals surface area (Å²) in [5.41, 5.74) is 1.31. The van der Waals surface area contributed by atoms with Gasteiger partial charge in [-0.15, -0.1) is 0 Å². The number of benzene rings is 2. The smallest absolute Gasteiger partial charge is 0.325 e. The second kappa shape index (κ2) is 9.21. The van der Waals surface area contributed by atoms with Crippen molar-refractivity contribution in [2.45, 2.75) is 44.8 Å². The van der Waals surface area contributed by atoms with E-state index in [2.05, 4.69) is 5.32 Å². The first-order chi connectivity index (χ1) is 16.1. The summed E-state index contributed by atoms with van der Waals surface area (Å²) in [6, 6.07) is 15.5. The minimum atomic E-state index is -3.23. The number of hydrogen-bond acceptors (Lipinski definition) is 5. The van der Waals surface area contributed by atoms with E-state index >= 15 is 0 Å². The van der Waals surface area contributed by atoms with Crippen molar-refractivity contribution in [2.24, 2.45) is 0 Å². The van der Waals surface area contributed by atoms with Crippen molar-refractivity contribution < 1.29 is 22.8 Å². The summed E-state index contributed by atoms with van der Waals surface area (Å²) in [5, 5.41) is 2.80. The minimum absolute atomic E-state index is 0.0196. The normalized spacial score (nSPS) is 23.7. The van der Waals surface area contributed by atoms with E-state index in [0.29, 0.717) is 18.4 Å². The van der Waals surface area contributed by atoms with Crippen LogP contribution in [0.25, 0.3) is 0 Å². The molecule has 1 N–H and O–H groups in total. The highest BCUT2D eigenvalue weighted by atomic mass is 32.2. The van der Waals surface area contributed by atoms with Gasteiger partial charge in [0.1, 0.15) is 12.1 Å². The van der Waals surface area contributed by atoms with Gasteiger partial charge in [-0.3, -0.25) is 14.5 Å². The van der Waals surface area contributed by atoms with Crippen LogP contribution in [0.1, 0.15) is 36.5 Å². The molecule has 34 heavy (non-hydrogen) atoms. The Morgan fingerprint density at radius 1 is 1.12 bits per heavy atom. The van der Waals surface area contributed by atoms with Crippen molar-refractivity contribution in [3.63, 3.8) is 0 Å². The van der Waals surface area contributed by atoms with Crippen molar-refractivity contribution >= 4 is 27.7 Å². The number of sulfone groups is 1. The Hall–Kier alpha value is -3.20. The van der Waals surface area contributed by atoms with Gasteiger partial charge in [0.15, 0.2) is 9.84 Å². The average Bonchev–Trinajstić information content (AvgIpc) is 3.30.